The summed E-state index contributed by atoms with van der Waals surface area (Å²) in [6.45, 7) is 20.6. The minimum atomic E-state index is -3.24. The molecule has 0 aromatic carbocycles. The van der Waals surface area contributed by atoms with E-state index in [0.29, 0.717) is 48.8 Å². The largest absolute Gasteiger partial charge is 0.282 e. The van der Waals surface area contributed by atoms with Gasteiger partial charge in [0.25, 0.3) is 10.2 Å². The molecule has 25 heavy (non-hydrogen) atoms. The molecule has 0 aromatic rings. The standard InChI is InChI=1S/C20H42N2O2S/c1-17(15-19(3,4)5)9-11-21-13-14-22(25(21,23)24)12-10-18(2)16-20(6,7)8/h17-18H,9-16H2,1-8H3/t17-,18+. The van der Waals surface area contributed by atoms with Crippen LogP contribution in [0.25, 0.3) is 0 Å². The molecule has 1 aliphatic heterocycles. The van der Waals surface area contributed by atoms with Crippen LogP contribution < -0.4 is 0 Å². The second-order valence-electron chi connectivity index (χ2n) is 10.6. The quantitative estimate of drug-likeness (QED) is 0.614. The normalized spacial score (nSPS) is 22.2. The summed E-state index contributed by atoms with van der Waals surface area (Å²) in [6, 6.07) is 0. The van der Waals surface area contributed by atoms with E-state index in [-0.39, 0.29) is 0 Å². The molecule has 0 spiro atoms. The van der Waals surface area contributed by atoms with Crippen LogP contribution in [0.2, 0.25) is 0 Å². The molecule has 0 bridgehead atoms. The van der Waals surface area contributed by atoms with Crippen LogP contribution in [0.1, 0.15) is 81.1 Å². The third-order valence-electron chi connectivity index (χ3n) is 4.92. The van der Waals surface area contributed by atoms with Crippen molar-refractivity contribution in [1.82, 2.24) is 8.61 Å². The van der Waals surface area contributed by atoms with Crippen molar-refractivity contribution in [2.45, 2.75) is 81.1 Å². The summed E-state index contributed by atoms with van der Waals surface area (Å²) in [6.07, 6.45) is 4.17. The van der Waals surface area contributed by atoms with Crippen molar-refractivity contribution >= 4 is 10.2 Å². The molecule has 0 unspecified atom stereocenters. The summed E-state index contributed by atoms with van der Waals surface area (Å²) in [5, 5.41) is 0. The predicted molar refractivity (Wildman–Crippen MR) is 108 cm³/mol. The SMILES string of the molecule is C[C@H](CCN1CCN(CC[C@H](C)CC(C)(C)C)S1(=O)=O)CC(C)(C)C. The molecule has 1 fully saturated rings. The first-order valence-corrected chi connectivity index (χ1v) is 11.4. The van der Waals surface area contributed by atoms with Crippen LogP contribution in [0.5, 0.6) is 0 Å². The van der Waals surface area contributed by atoms with E-state index in [1.807, 2.05) is 0 Å². The average Bonchev–Trinajstić information content (AvgIpc) is 2.64. The summed E-state index contributed by atoms with van der Waals surface area (Å²) in [5.74, 6) is 1.10. The minimum absolute atomic E-state index is 0.304. The molecule has 150 valence electrons. The van der Waals surface area contributed by atoms with Crippen LogP contribution in [-0.4, -0.2) is 43.2 Å². The van der Waals surface area contributed by atoms with Gasteiger partial charge >= 0.3 is 0 Å². The third-order valence-corrected chi connectivity index (χ3v) is 6.95. The van der Waals surface area contributed by atoms with Gasteiger partial charge in [-0.05, 0) is 48.3 Å². The first kappa shape index (κ1) is 22.9. The summed E-state index contributed by atoms with van der Waals surface area (Å²) >= 11 is 0. The predicted octanol–water partition coefficient (Wildman–Crippen LogP) is 4.77. The minimum Gasteiger partial charge on any atom is -0.195 e. The highest BCUT2D eigenvalue weighted by Crippen LogP contribution is 2.29. The molecule has 0 radical (unpaired) electrons. The van der Waals surface area contributed by atoms with Crippen LogP contribution in [0, 0.1) is 22.7 Å². The lowest BCUT2D eigenvalue weighted by Crippen LogP contribution is -2.35. The summed E-state index contributed by atoms with van der Waals surface area (Å²) in [5.41, 5.74) is 0.608. The van der Waals surface area contributed by atoms with Gasteiger partial charge in [0.15, 0.2) is 0 Å². The molecule has 1 rings (SSSR count). The molecule has 0 N–H and O–H groups in total. The van der Waals surface area contributed by atoms with Gasteiger partial charge in [-0.25, -0.2) is 0 Å². The molecule has 0 amide bonds. The smallest absolute Gasteiger partial charge is 0.195 e. The second kappa shape index (κ2) is 8.71. The molecule has 1 saturated heterocycles. The maximum absolute atomic E-state index is 12.7. The van der Waals surface area contributed by atoms with E-state index in [0.717, 1.165) is 25.7 Å². The maximum atomic E-state index is 12.7. The van der Waals surface area contributed by atoms with Crippen LogP contribution in [0.4, 0.5) is 0 Å². The van der Waals surface area contributed by atoms with E-state index in [1.54, 1.807) is 8.61 Å². The Morgan fingerprint density at radius 2 is 1.08 bits per heavy atom. The Morgan fingerprint density at radius 3 is 1.36 bits per heavy atom. The molecule has 1 heterocycles. The Hall–Kier alpha value is -0.130. The molecule has 2 atom stereocenters. The lowest BCUT2D eigenvalue weighted by atomic mass is 9.84. The van der Waals surface area contributed by atoms with Crippen molar-refractivity contribution < 1.29 is 8.42 Å². The molecule has 1 aliphatic rings. The maximum Gasteiger partial charge on any atom is 0.282 e. The molecular weight excluding hydrogens is 332 g/mol. The summed E-state index contributed by atoms with van der Waals surface area (Å²) in [7, 11) is -3.24. The molecule has 5 heteroatoms. The van der Waals surface area contributed by atoms with Crippen LogP contribution in [0.15, 0.2) is 0 Å². The highest BCUT2D eigenvalue weighted by Gasteiger charge is 2.36. The van der Waals surface area contributed by atoms with Gasteiger partial charge in [0.2, 0.25) is 0 Å². The van der Waals surface area contributed by atoms with Crippen molar-refractivity contribution in [3.63, 3.8) is 0 Å². The molecule has 0 saturated carbocycles. The average molecular weight is 375 g/mol. The fourth-order valence-corrected chi connectivity index (χ4v) is 5.72. The number of hydrogen-bond donors (Lipinski definition) is 0. The van der Waals surface area contributed by atoms with Gasteiger partial charge in [-0.15, -0.1) is 0 Å². The fraction of sp³-hybridized carbons (Fsp3) is 1.00. The van der Waals surface area contributed by atoms with Gasteiger partial charge in [0.1, 0.15) is 0 Å². The van der Waals surface area contributed by atoms with Crippen molar-refractivity contribution in [2.75, 3.05) is 26.2 Å². The highest BCUT2D eigenvalue weighted by atomic mass is 32.2. The van der Waals surface area contributed by atoms with Crippen LogP contribution in [-0.2, 0) is 10.2 Å². The summed E-state index contributed by atoms with van der Waals surface area (Å²) in [4.78, 5) is 0. The van der Waals surface area contributed by atoms with E-state index in [2.05, 4.69) is 55.4 Å². The number of hydrogen-bond acceptors (Lipinski definition) is 2. The Labute approximate surface area is 157 Å². The van der Waals surface area contributed by atoms with Gasteiger partial charge in [0.05, 0.1) is 0 Å². The van der Waals surface area contributed by atoms with Gasteiger partial charge < -0.3 is 0 Å². The van der Waals surface area contributed by atoms with Gasteiger partial charge in [-0.1, -0.05) is 55.4 Å². The topological polar surface area (TPSA) is 40.6 Å². The molecule has 4 nitrogen and oxygen atoms in total. The van der Waals surface area contributed by atoms with E-state index in [4.69, 9.17) is 0 Å². The summed E-state index contributed by atoms with van der Waals surface area (Å²) < 4.78 is 28.9. The van der Waals surface area contributed by atoms with Crippen molar-refractivity contribution in [3.8, 4) is 0 Å². The Bertz CT molecular complexity index is 463. The zero-order chi connectivity index (χ0) is 19.5. The second-order valence-corrected chi connectivity index (χ2v) is 12.6. The number of nitrogens with zero attached hydrogens (tertiary/aromatic N) is 2. The van der Waals surface area contributed by atoms with E-state index in [9.17, 15) is 8.42 Å². The van der Waals surface area contributed by atoms with E-state index >= 15 is 0 Å². The van der Waals surface area contributed by atoms with Crippen molar-refractivity contribution in [1.29, 1.82) is 0 Å². The third kappa shape index (κ3) is 8.40. The Morgan fingerprint density at radius 1 is 0.760 bits per heavy atom. The monoisotopic (exact) mass is 374 g/mol. The lowest BCUT2D eigenvalue weighted by Gasteiger charge is -2.26. The van der Waals surface area contributed by atoms with E-state index in [1.165, 1.54) is 0 Å². The first-order chi connectivity index (χ1) is 11.2. The Balaban J connectivity index is 2.47. The van der Waals surface area contributed by atoms with Gasteiger partial charge in [0, 0.05) is 26.2 Å². The van der Waals surface area contributed by atoms with Gasteiger partial charge in [-0.2, -0.15) is 17.0 Å². The molecule has 0 aromatic heterocycles. The zero-order valence-corrected chi connectivity index (χ0v) is 18.7. The highest BCUT2D eigenvalue weighted by molar-refractivity contribution is 7.87. The Kier molecular flexibility index (Phi) is 7.98. The van der Waals surface area contributed by atoms with Crippen molar-refractivity contribution in [2.24, 2.45) is 22.7 Å². The lowest BCUT2D eigenvalue weighted by molar-refractivity contribution is 0.282. The number of rotatable bonds is 8. The van der Waals surface area contributed by atoms with Crippen LogP contribution in [0.3, 0.4) is 0 Å². The van der Waals surface area contributed by atoms with E-state index < -0.39 is 10.2 Å². The zero-order valence-electron chi connectivity index (χ0n) is 17.9. The first-order valence-electron chi connectivity index (χ1n) is 9.96. The van der Waals surface area contributed by atoms with Crippen LogP contribution >= 0.6 is 0 Å². The fourth-order valence-electron chi connectivity index (χ4n) is 4.10. The molecule has 0 aliphatic carbocycles. The van der Waals surface area contributed by atoms with Gasteiger partial charge in [-0.3, -0.25) is 0 Å². The van der Waals surface area contributed by atoms with Crippen molar-refractivity contribution in [3.05, 3.63) is 0 Å². The molecular formula is C20H42N2O2S.